The summed E-state index contributed by atoms with van der Waals surface area (Å²) < 4.78 is 5.15. The third-order valence-corrected chi connectivity index (χ3v) is 3.24. The third kappa shape index (κ3) is 5.54. The highest BCUT2D eigenvalue weighted by molar-refractivity contribution is 5.86. The maximum Gasteiger partial charge on any atom is 0.407 e. The van der Waals surface area contributed by atoms with Gasteiger partial charge in [-0.1, -0.05) is 13.8 Å². The van der Waals surface area contributed by atoms with E-state index in [1.54, 1.807) is 20.8 Å². The summed E-state index contributed by atoms with van der Waals surface area (Å²) in [5, 5.41) is 11.9. The number of carbonyl (C=O) groups is 3. The van der Waals surface area contributed by atoms with E-state index in [0.29, 0.717) is 6.42 Å². The third-order valence-electron chi connectivity index (χ3n) is 3.24. The number of hydrogen-bond donors (Lipinski definition) is 2. The summed E-state index contributed by atoms with van der Waals surface area (Å²) in [5.74, 6) is -1.11. The highest BCUT2D eigenvalue weighted by Crippen LogP contribution is 2.20. The molecule has 1 unspecified atom stereocenters. The highest BCUT2D eigenvalue weighted by atomic mass is 16.6. The van der Waals surface area contributed by atoms with Crippen LogP contribution in [-0.4, -0.2) is 52.2 Å². The van der Waals surface area contributed by atoms with Crippen molar-refractivity contribution in [2.75, 3.05) is 6.54 Å². The van der Waals surface area contributed by atoms with Gasteiger partial charge in [0.25, 0.3) is 0 Å². The smallest absolute Gasteiger partial charge is 0.407 e. The van der Waals surface area contributed by atoms with Gasteiger partial charge < -0.3 is 20.1 Å². The van der Waals surface area contributed by atoms with E-state index in [4.69, 9.17) is 4.74 Å². The number of carbonyl (C=O) groups excluding carboxylic acids is 2. The molecule has 0 aromatic rings. The van der Waals surface area contributed by atoms with E-state index >= 15 is 0 Å². The lowest BCUT2D eigenvalue weighted by Gasteiger charge is -2.26. The minimum atomic E-state index is -1.01. The molecule has 0 aromatic heterocycles. The minimum absolute atomic E-state index is 0.0983. The van der Waals surface area contributed by atoms with E-state index in [-0.39, 0.29) is 24.8 Å². The SMILES string of the molecule is CC(C)C[C@@H](C(=O)O)N1CC(NC(=O)OC(C)(C)C)CC1=O. The number of aliphatic carboxylic acids is 1. The van der Waals surface area contributed by atoms with Crippen molar-refractivity contribution in [1.29, 1.82) is 0 Å². The van der Waals surface area contributed by atoms with Crippen LogP contribution in [0.25, 0.3) is 0 Å². The topological polar surface area (TPSA) is 95.9 Å². The zero-order valence-corrected chi connectivity index (χ0v) is 13.9. The number of nitrogens with one attached hydrogen (secondary N) is 1. The molecule has 0 bridgehead atoms. The van der Waals surface area contributed by atoms with Crippen molar-refractivity contribution in [2.45, 2.75) is 65.1 Å². The summed E-state index contributed by atoms with van der Waals surface area (Å²) in [6.45, 7) is 9.27. The molecule has 22 heavy (non-hydrogen) atoms. The Morgan fingerprint density at radius 1 is 1.41 bits per heavy atom. The Kier molecular flexibility index (Phi) is 5.79. The number of nitrogens with zero attached hydrogens (tertiary/aromatic N) is 1. The molecule has 1 heterocycles. The molecule has 7 nitrogen and oxygen atoms in total. The molecule has 1 saturated heterocycles. The Balaban J connectivity index is 2.66. The van der Waals surface area contributed by atoms with Gasteiger partial charge in [0.05, 0.1) is 6.04 Å². The molecule has 2 N–H and O–H groups in total. The number of rotatable bonds is 5. The molecule has 0 spiro atoms. The maximum absolute atomic E-state index is 12.0. The van der Waals surface area contributed by atoms with Gasteiger partial charge in [-0.05, 0) is 33.1 Å². The maximum atomic E-state index is 12.0. The largest absolute Gasteiger partial charge is 0.480 e. The minimum Gasteiger partial charge on any atom is -0.480 e. The predicted octanol–water partition coefficient (Wildman–Crippen LogP) is 1.61. The van der Waals surface area contributed by atoms with E-state index < -0.39 is 29.7 Å². The number of likely N-dealkylation sites (tertiary alicyclic amines) is 1. The van der Waals surface area contributed by atoms with Gasteiger partial charge in [0.2, 0.25) is 5.91 Å². The molecule has 0 saturated carbocycles. The van der Waals surface area contributed by atoms with Crippen LogP contribution in [0.4, 0.5) is 4.79 Å². The van der Waals surface area contributed by atoms with E-state index in [1.165, 1.54) is 4.90 Å². The Morgan fingerprint density at radius 3 is 2.45 bits per heavy atom. The van der Waals surface area contributed by atoms with Crippen molar-refractivity contribution < 1.29 is 24.2 Å². The first-order valence-electron chi connectivity index (χ1n) is 7.51. The van der Waals surface area contributed by atoms with Gasteiger partial charge in [-0.15, -0.1) is 0 Å². The molecule has 1 aliphatic rings. The molecule has 0 radical (unpaired) electrons. The molecule has 0 aromatic carbocycles. The monoisotopic (exact) mass is 314 g/mol. The predicted molar refractivity (Wildman–Crippen MR) is 80.4 cm³/mol. The lowest BCUT2D eigenvalue weighted by Crippen LogP contribution is -2.45. The lowest BCUT2D eigenvalue weighted by atomic mass is 10.0. The summed E-state index contributed by atoms with van der Waals surface area (Å²) in [6.07, 6.45) is -0.107. The molecule has 7 heteroatoms. The van der Waals surface area contributed by atoms with Gasteiger partial charge >= 0.3 is 12.1 Å². The first-order chi connectivity index (χ1) is 9.99. The molecule has 0 aliphatic carbocycles. The summed E-state index contributed by atoms with van der Waals surface area (Å²) in [5.41, 5.74) is -0.617. The van der Waals surface area contributed by atoms with Crippen LogP contribution >= 0.6 is 0 Å². The molecule has 1 aliphatic heterocycles. The summed E-state index contributed by atoms with van der Waals surface area (Å²) in [7, 11) is 0. The Bertz CT molecular complexity index is 442. The first kappa shape index (κ1) is 18.3. The van der Waals surface area contributed by atoms with Gasteiger partial charge in [-0.25, -0.2) is 9.59 Å². The van der Waals surface area contributed by atoms with E-state index in [1.807, 2.05) is 13.8 Å². The lowest BCUT2D eigenvalue weighted by molar-refractivity contribution is -0.149. The molecule has 1 rings (SSSR count). The van der Waals surface area contributed by atoms with Crippen LogP contribution in [0.1, 0.15) is 47.5 Å². The van der Waals surface area contributed by atoms with Crippen LogP contribution in [-0.2, 0) is 14.3 Å². The van der Waals surface area contributed by atoms with Crippen LogP contribution in [0, 0.1) is 5.92 Å². The second kappa shape index (κ2) is 6.98. The van der Waals surface area contributed by atoms with Crippen molar-refractivity contribution in [3.05, 3.63) is 0 Å². The quantitative estimate of drug-likeness (QED) is 0.803. The number of ether oxygens (including phenoxy) is 1. The average molecular weight is 314 g/mol. The Morgan fingerprint density at radius 2 is 2.00 bits per heavy atom. The second-order valence-electron chi connectivity index (χ2n) is 7.08. The van der Waals surface area contributed by atoms with E-state index in [0.717, 1.165) is 0 Å². The zero-order chi connectivity index (χ0) is 17.1. The van der Waals surface area contributed by atoms with Crippen LogP contribution in [0.2, 0.25) is 0 Å². The summed E-state index contributed by atoms with van der Waals surface area (Å²) in [4.78, 5) is 36.5. The number of amides is 2. The Labute approximate surface area is 131 Å². The van der Waals surface area contributed by atoms with Crippen molar-refractivity contribution in [3.8, 4) is 0 Å². The van der Waals surface area contributed by atoms with Crippen molar-refractivity contribution in [1.82, 2.24) is 10.2 Å². The van der Waals surface area contributed by atoms with Crippen LogP contribution < -0.4 is 5.32 Å². The number of carboxylic acid groups (broad SMARTS) is 1. The van der Waals surface area contributed by atoms with Crippen LogP contribution in [0.3, 0.4) is 0 Å². The van der Waals surface area contributed by atoms with E-state index in [2.05, 4.69) is 5.32 Å². The number of carboxylic acids is 1. The second-order valence-corrected chi connectivity index (χ2v) is 7.08. The number of alkyl carbamates (subject to hydrolysis) is 1. The number of hydrogen-bond acceptors (Lipinski definition) is 4. The molecule has 1 fully saturated rings. The fourth-order valence-electron chi connectivity index (χ4n) is 2.41. The van der Waals surface area contributed by atoms with Crippen LogP contribution in [0.15, 0.2) is 0 Å². The Hall–Kier alpha value is -1.79. The highest BCUT2D eigenvalue weighted by Gasteiger charge is 2.38. The molecule has 2 atom stereocenters. The van der Waals surface area contributed by atoms with E-state index in [9.17, 15) is 19.5 Å². The first-order valence-corrected chi connectivity index (χ1v) is 7.51. The molecule has 126 valence electrons. The fourth-order valence-corrected chi connectivity index (χ4v) is 2.41. The zero-order valence-electron chi connectivity index (χ0n) is 13.9. The van der Waals surface area contributed by atoms with Gasteiger partial charge in [-0.3, -0.25) is 4.79 Å². The van der Waals surface area contributed by atoms with Crippen molar-refractivity contribution >= 4 is 18.0 Å². The standard InChI is InChI=1S/C15H26N2O5/c1-9(2)6-11(13(19)20)17-8-10(7-12(17)18)16-14(21)22-15(3,4)5/h9-11H,6-8H2,1-5H3,(H,16,21)(H,19,20)/t10?,11-/m0/s1. The molecular weight excluding hydrogens is 288 g/mol. The van der Waals surface area contributed by atoms with Gasteiger partial charge in [0.15, 0.2) is 0 Å². The molecular formula is C15H26N2O5. The average Bonchev–Trinajstić information content (AvgIpc) is 2.63. The van der Waals surface area contributed by atoms with Crippen molar-refractivity contribution in [3.63, 3.8) is 0 Å². The van der Waals surface area contributed by atoms with Gasteiger partial charge in [0.1, 0.15) is 11.6 Å². The summed E-state index contributed by atoms with van der Waals surface area (Å²) in [6, 6.07) is -1.27. The summed E-state index contributed by atoms with van der Waals surface area (Å²) >= 11 is 0. The molecule has 2 amide bonds. The fraction of sp³-hybridized carbons (Fsp3) is 0.800. The van der Waals surface area contributed by atoms with Crippen LogP contribution in [0.5, 0.6) is 0 Å². The van der Waals surface area contributed by atoms with Crippen molar-refractivity contribution in [2.24, 2.45) is 5.92 Å². The normalized spacial score (nSPS) is 20.2. The van der Waals surface area contributed by atoms with Gasteiger partial charge in [0, 0.05) is 13.0 Å². The van der Waals surface area contributed by atoms with Gasteiger partial charge in [-0.2, -0.15) is 0 Å².